The van der Waals surface area contributed by atoms with Crippen LogP contribution in [-0.2, 0) is 12.8 Å². The smallest absolute Gasteiger partial charge is 0.261 e. The number of aliphatic imine (C=N–C) groups is 2. The van der Waals surface area contributed by atoms with Gasteiger partial charge >= 0.3 is 0 Å². The van der Waals surface area contributed by atoms with Crippen LogP contribution < -0.4 is 10.6 Å². The van der Waals surface area contributed by atoms with Gasteiger partial charge in [-0.3, -0.25) is 77.9 Å². The molecule has 4 aliphatic heterocycles. The maximum atomic E-state index is 13.8. The van der Waals surface area contributed by atoms with Gasteiger partial charge in [-0.1, -0.05) is 24.3 Å². The number of nitrogens with one attached hydrogen (secondary N) is 2. The molecule has 0 saturated heterocycles. The highest BCUT2D eigenvalue weighted by atomic mass is 16.2. The molecule has 0 atom stereocenters. The molecular formula is C62H50N12O8. The summed E-state index contributed by atoms with van der Waals surface area (Å²) in [5.74, 6) is -3.96. The lowest BCUT2D eigenvalue weighted by Gasteiger charge is -2.31. The minimum atomic E-state index is -0.524. The number of pyridine rings is 4. The molecule has 8 heterocycles. The van der Waals surface area contributed by atoms with Gasteiger partial charge in [-0.2, -0.15) is 0 Å². The fraction of sp³-hybridized carbons (Fsp3) is 0.194. The topological polar surface area (TPSA) is 250 Å². The van der Waals surface area contributed by atoms with Gasteiger partial charge in [0.25, 0.3) is 47.3 Å². The Morgan fingerprint density at radius 1 is 0.354 bits per heavy atom. The normalized spacial score (nSPS) is 14.8. The molecule has 406 valence electrons. The Morgan fingerprint density at radius 2 is 0.622 bits per heavy atom. The molecule has 0 radical (unpaired) electrons. The summed E-state index contributed by atoms with van der Waals surface area (Å²) in [6, 6.07) is 35.0. The van der Waals surface area contributed by atoms with E-state index in [0.29, 0.717) is 81.6 Å². The first kappa shape index (κ1) is 52.5. The Balaban J connectivity index is 0.652. The average molecular weight is 1090 g/mol. The van der Waals surface area contributed by atoms with E-state index < -0.39 is 47.3 Å². The first-order valence-electron chi connectivity index (χ1n) is 26.7. The molecule has 4 aliphatic rings. The summed E-state index contributed by atoms with van der Waals surface area (Å²) in [6.45, 7) is 1.41. The largest absolute Gasteiger partial charge is 0.318 e. The van der Waals surface area contributed by atoms with Crippen molar-refractivity contribution < 1.29 is 38.4 Å². The zero-order chi connectivity index (χ0) is 56.8. The van der Waals surface area contributed by atoms with E-state index in [4.69, 9.17) is 19.9 Å². The zero-order valence-corrected chi connectivity index (χ0v) is 44.5. The van der Waals surface area contributed by atoms with Crippen molar-refractivity contribution in [2.75, 3.05) is 66.5 Å². The predicted molar refractivity (Wildman–Crippen MR) is 304 cm³/mol. The van der Waals surface area contributed by atoms with Crippen LogP contribution in [0, 0.1) is 0 Å². The number of likely N-dealkylation sites (N-methyl/N-ethyl adjacent to an activating group) is 2. The van der Waals surface area contributed by atoms with Crippen molar-refractivity contribution in [2.24, 2.45) is 9.98 Å². The molecule has 0 bridgehead atoms. The summed E-state index contributed by atoms with van der Waals surface area (Å²) in [4.78, 5) is 142. The summed E-state index contributed by atoms with van der Waals surface area (Å²) in [6.07, 6.45) is 4.35. The Bertz CT molecular complexity index is 3750. The lowest BCUT2D eigenvalue weighted by Crippen LogP contribution is -2.45. The van der Waals surface area contributed by atoms with Crippen LogP contribution in [0.2, 0.25) is 0 Å². The molecule has 0 aliphatic carbocycles. The maximum Gasteiger partial charge on any atom is 0.261 e. The Labute approximate surface area is 468 Å². The van der Waals surface area contributed by atoms with Gasteiger partial charge in [0, 0.05) is 129 Å². The number of hydrogen-bond acceptors (Lipinski definition) is 16. The van der Waals surface area contributed by atoms with E-state index in [1.54, 1.807) is 87.2 Å². The van der Waals surface area contributed by atoms with Crippen molar-refractivity contribution in [3.05, 3.63) is 189 Å². The molecule has 82 heavy (non-hydrogen) atoms. The highest BCUT2D eigenvalue weighted by Crippen LogP contribution is 2.40. The fourth-order valence-electron chi connectivity index (χ4n) is 11.0. The van der Waals surface area contributed by atoms with Gasteiger partial charge in [-0.05, 0) is 124 Å². The second kappa shape index (κ2) is 21.8. The van der Waals surface area contributed by atoms with Crippen molar-refractivity contribution in [1.29, 1.82) is 0 Å². The van der Waals surface area contributed by atoms with E-state index in [-0.39, 0.29) is 83.8 Å². The molecule has 0 unspecified atom stereocenters. The van der Waals surface area contributed by atoms with Crippen LogP contribution in [0.4, 0.5) is 0 Å². The molecule has 0 fully saturated rings. The number of carbonyl (C=O) groups excluding carboxylic acids is 8. The summed E-state index contributed by atoms with van der Waals surface area (Å²) in [7, 11) is 3.46. The van der Waals surface area contributed by atoms with Crippen LogP contribution in [0.15, 0.2) is 131 Å². The second-order valence-electron chi connectivity index (χ2n) is 19.9. The van der Waals surface area contributed by atoms with Gasteiger partial charge < -0.3 is 10.6 Å². The van der Waals surface area contributed by atoms with E-state index in [2.05, 4.69) is 20.6 Å². The number of rotatable bonds is 19. The molecule has 8 amide bonds. The Kier molecular flexibility index (Phi) is 14.0. The third-order valence-electron chi connectivity index (χ3n) is 15.0. The molecule has 12 rings (SSSR count). The van der Waals surface area contributed by atoms with E-state index in [1.807, 2.05) is 60.7 Å². The molecule has 4 aromatic carbocycles. The number of nitrogens with zero attached hydrogens (tertiary/aromatic N) is 10. The molecule has 4 aromatic heterocycles. The van der Waals surface area contributed by atoms with E-state index in [1.165, 1.54) is 9.80 Å². The number of aryl methyl sites for hydroxylation is 2. The monoisotopic (exact) mass is 1090 g/mol. The predicted octanol–water partition coefficient (Wildman–Crippen LogP) is 5.75. The van der Waals surface area contributed by atoms with Gasteiger partial charge in [-0.25, -0.2) is 9.97 Å². The van der Waals surface area contributed by atoms with Gasteiger partial charge in [0.15, 0.2) is 0 Å². The van der Waals surface area contributed by atoms with E-state index in [9.17, 15) is 38.4 Å². The lowest BCUT2D eigenvalue weighted by atomic mass is 9.86. The molecular weight excluding hydrogens is 1040 g/mol. The molecule has 20 heteroatoms. The number of carbonyl (C=O) groups is 8. The first-order chi connectivity index (χ1) is 39.9. The van der Waals surface area contributed by atoms with Crippen molar-refractivity contribution in [2.45, 2.75) is 12.8 Å². The van der Waals surface area contributed by atoms with Crippen LogP contribution in [0.3, 0.4) is 0 Å². The summed E-state index contributed by atoms with van der Waals surface area (Å²) < 4.78 is 0. The van der Waals surface area contributed by atoms with Crippen LogP contribution in [-0.4, -0.2) is 166 Å². The van der Waals surface area contributed by atoms with Crippen LogP contribution in [0.5, 0.6) is 0 Å². The van der Waals surface area contributed by atoms with Crippen molar-refractivity contribution in [1.82, 2.24) is 50.2 Å². The zero-order valence-electron chi connectivity index (χ0n) is 44.5. The number of benzene rings is 4. The third-order valence-corrected chi connectivity index (χ3v) is 15.0. The number of hydrogen-bond donors (Lipinski definition) is 2. The van der Waals surface area contributed by atoms with Gasteiger partial charge in [-0.15, -0.1) is 0 Å². The SMILES string of the molecule is CNCCN1C(=O)c2ccc3c4c(ccc(c24)C1=O)C(=O)N(CCN=Cc1cccc(-c2cccc(CCc4cccc(-c5cccc(C=NCCN6C(=O)c7ccc8c9c(ccc(c79)C6=O)C(=O)N(CCNC)C8=O)n5)n4)n2)n1)C3=O. The molecule has 8 aromatic rings. The molecule has 0 spiro atoms. The highest BCUT2D eigenvalue weighted by Gasteiger charge is 2.41. The first-order valence-corrected chi connectivity index (χ1v) is 26.7. The minimum absolute atomic E-state index is 0.00317. The van der Waals surface area contributed by atoms with Crippen molar-refractivity contribution in [3.8, 4) is 22.8 Å². The van der Waals surface area contributed by atoms with Crippen molar-refractivity contribution in [3.63, 3.8) is 0 Å². The summed E-state index contributed by atoms with van der Waals surface area (Å²) in [5.41, 5.74) is 7.48. The van der Waals surface area contributed by atoms with Crippen molar-refractivity contribution >= 4 is 81.2 Å². The maximum absolute atomic E-state index is 13.8. The Morgan fingerprint density at radius 3 is 0.915 bits per heavy atom. The number of aromatic nitrogens is 4. The van der Waals surface area contributed by atoms with Crippen LogP contribution in [0.25, 0.3) is 44.3 Å². The minimum Gasteiger partial charge on any atom is -0.318 e. The van der Waals surface area contributed by atoms with Gasteiger partial charge in [0.1, 0.15) is 0 Å². The summed E-state index contributed by atoms with van der Waals surface area (Å²) >= 11 is 0. The van der Waals surface area contributed by atoms with Gasteiger partial charge in [0.2, 0.25) is 0 Å². The Hall–Kier alpha value is -10.2. The van der Waals surface area contributed by atoms with Gasteiger partial charge in [0.05, 0.1) is 47.3 Å². The number of amides is 8. The molecule has 0 saturated carbocycles. The molecule has 20 nitrogen and oxygen atoms in total. The molecule has 2 N–H and O–H groups in total. The average Bonchev–Trinajstić information content (AvgIpc) is 3.14. The highest BCUT2D eigenvalue weighted by molar-refractivity contribution is 6.34. The summed E-state index contributed by atoms with van der Waals surface area (Å²) in [5, 5.41) is 7.21. The van der Waals surface area contributed by atoms with E-state index >= 15 is 0 Å². The second-order valence-corrected chi connectivity index (χ2v) is 19.9. The quantitative estimate of drug-likeness (QED) is 0.0723. The third kappa shape index (κ3) is 9.27. The van der Waals surface area contributed by atoms with Crippen LogP contribution in [0.1, 0.15) is 106 Å². The van der Waals surface area contributed by atoms with E-state index in [0.717, 1.165) is 21.2 Å². The number of imide groups is 4. The fourth-order valence-corrected chi connectivity index (χ4v) is 11.0. The lowest BCUT2D eigenvalue weighted by molar-refractivity contribution is 0.0592. The van der Waals surface area contributed by atoms with Crippen LogP contribution >= 0.6 is 0 Å². The standard InChI is InChI=1S/C62H50N12O8/c1-63-25-29-71-55(75)39-17-21-43-53-44(22-18-40(51(39)53)56(71)76)60(80)73(59(43)79)31-27-65-33-37-9-5-13-49(69-37)47-11-3-7-35(67-47)15-16-36-8-4-12-48(68-36)50-14-6-10-38(70-50)34-66-28-32-74-61(81)45-23-19-41-52-42(20-24-46(54(45)52)62(74)82)58(78)72(57(41)77)30-26-64-2/h3-14,17-24,33-34,63-64H,15-16,25-32H2,1-2H3.